The quantitative estimate of drug-likeness (QED) is 0.638. The summed E-state index contributed by atoms with van der Waals surface area (Å²) in [7, 11) is 0. The van der Waals surface area contributed by atoms with E-state index in [-0.39, 0.29) is 11.3 Å². The number of halogens is 3. The summed E-state index contributed by atoms with van der Waals surface area (Å²) in [5, 5.41) is 23.6. The van der Waals surface area contributed by atoms with Gasteiger partial charge in [0.15, 0.2) is 0 Å². The fraction of sp³-hybridized carbons (Fsp3) is 0.188. The van der Waals surface area contributed by atoms with Crippen LogP contribution in [0.15, 0.2) is 54.6 Å². The first kappa shape index (κ1) is 18.4. The van der Waals surface area contributed by atoms with Crippen LogP contribution in [-0.4, -0.2) is 22.5 Å². The molecule has 0 aromatic heterocycles. The highest BCUT2D eigenvalue weighted by molar-refractivity contribution is 5.98. The van der Waals surface area contributed by atoms with Crippen molar-refractivity contribution in [1.29, 1.82) is 0 Å². The molecule has 6 nitrogen and oxygen atoms in total. The zero-order chi connectivity index (χ0) is 18.7. The summed E-state index contributed by atoms with van der Waals surface area (Å²) < 4.78 is 37.6. The molecule has 2 aromatic rings. The van der Waals surface area contributed by atoms with Crippen molar-refractivity contribution in [3.05, 3.63) is 75.8 Å². The van der Waals surface area contributed by atoms with Gasteiger partial charge >= 0.3 is 6.18 Å². The van der Waals surface area contributed by atoms with Crippen molar-refractivity contribution in [2.24, 2.45) is 0 Å². The van der Waals surface area contributed by atoms with E-state index in [2.05, 4.69) is 5.32 Å². The van der Waals surface area contributed by atoms with Gasteiger partial charge in [-0.05, 0) is 29.8 Å². The topological polar surface area (TPSA) is 92.5 Å². The molecule has 9 heteroatoms. The number of hydrogen-bond acceptors (Lipinski definition) is 4. The zero-order valence-electron chi connectivity index (χ0n) is 12.7. The monoisotopic (exact) mass is 354 g/mol. The predicted molar refractivity (Wildman–Crippen MR) is 82.3 cm³/mol. The van der Waals surface area contributed by atoms with Crippen LogP contribution in [0.3, 0.4) is 0 Å². The van der Waals surface area contributed by atoms with Gasteiger partial charge in [0.05, 0.1) is 5.56 Å². The maximum atomic E-state index is 12.5. The molecule has 2 aromatic carbocycles. The number of carbonyl (C=O) groups is 1. The highest BCUT2D eigenvalue weighted by Crippen LogP contribution is 2.30. The van der Waals surface area contributed by atoms with Crippen molar-refractivity contribution in [1.82, 2.24) is 0 Å². The molecule has 1 unspecified atom stereocenters. The maximum Gasteiger partial charge on any atom is 0.416 e. The summed E-state index contributed by atoms with van der Waals surface area (Å²) >= 11 is 0. The lowest BCUT2D eigenvalue weighted by molar-refractivity contribution is -0.498. The summed E-state index contributed by atoms with van der Waals surface area (Å²) in [6, 6.07) is 10.8. The van der Waals surface area contributed by atoms with Gasteiger partial charge in [-0.1, -0.05) is 30.3 Å². The van der Waals surface area contributed by atoms with Crippen molar-refractivity contribution >= 4 is 11.6 Å². The summed E-state index contributed by atoms with van der Waals surface area (Å²) in [4.78, 5) is 22.4. The van der Waals surface area contributed by atoms with Crippen molar-refractivity contribution in [2.45, 2.75) is 11.8 Å². The van der Waals surface area contributed by atoms with Crippen LogP contribution in [0.2, 0.25) is 0 Å². The van der Waals surface area contributed by atoms with Crippen LogP contribution in [0.1, 0.15) is 11.1 Å². The lowest BCUT2D eigenvalue weighted by Crippen LogP contribution is -2.45. The number of hydrogen-bond donors (Lipinski definition) is 2. The molecule has 1 amide bonds. The molecule has 132 valence electrons. The molecular weight excluding hydrogens is 341 g/mol. The van der Waals surface area contributed by atoms with Gasteiger partial charge in [-0.15, -0.1) is 0 Å². The normalized spacial score (nSPS) is 13.8. The molecular formula is C16H13F3N2O4. The predicted octanol–water partition coefficient (Wildman–Crippen LogP) is 2.81. The molecule has 0 aliphatic carbocycles. The molecule has 0 aliphatic rings. The first-order valence-electron chi connectivity index (χ1n) is 7.01. The standard InChI is InChI=1S/C16H13F3N2O4/c17-16(18,19)12-6-8-13(9-7-12)20-14(22)15(23,10-21(24)25)11-4-2-1-3-5-11/h1-9,23H,10H2,(H,20,22). The molecule has 0 saturated carbocycles. The number of rotatable bonds is 5. The molecule has 2 rings (SSSR count). The van der Waals surface area contributed by atoms with E-state index < -0.39 is 34.7 Å². The van der Waals surface area contributed by atoms with E-state index in [1.165, 1.54) is 24.3 Å². The van der Waals surface area contributed by atoms with Gasteiger partial charge in [-0.25, -0.2) is 0 Å². The van der Waals surface area contributed by atoms with E-state index >= 15 is 0 Å². The highest BCUT2D eigenvalue weighted by atomic mass is 19.4. The molecule has 0 radical (unpaired) electrons. The fourth-order valence-corrected chi connectivity index (χ4v) is 2.17. The van der Waals surface area contributed by atoms with Gasteiger partial charge < -0.3 is 10.4 Å². The Labute approximate surface area is 140 Å². The van der Waals surface area contributed by atoms with Gasteiger partial charge in [-0.2, -0.15) is 13.2 Å². The molecule has 0 heterocycles. The summed E-state index contributed by atoms with van der Waals surface area (Å²) in [6.45, 7) is -1.09. The molecule has 1 atom stereocenters. The molecule has 2 N–H and O–H groups in total. The third-order valence-corrected chi connectivity index (χ3v) is 3.46. The van der Waals surface area contributed by atoms with Crippen LogP contribution in [-0.2, 0) is 16.6 Å². The number of aliphatic hydroxyl groups is 1. The second-order valence-electron chi connectivity index (χ2n) is 5.25. The fourth-order valence-electron chi connectivity index (χ4n) is 2.17. The van der Waals surface area contributed by atoms with Gasteiger partial charge in [0.25, 0.3) is 5.91 Å². The Morgan fingerprint density at radius 3 is 2.08 bits per heavy atom. The molecule has 0 saturated heterocycles. The second-order valence-corrected chi connectivity index (χ2v) is 5.25. The van der Waals surface area contributed by atoms with E-state index in [1.54, 1.807) is 6.07 Å². The number of benzene rings is 2. The van der Waals surface area contributed by atoms with Crippen molar-refractivity contribution in [2.75, 3.05) is 11.9 Å². The average molecular weight is 354 g/mol. The Kier molecular flexibility index (Phi) is 5.07. The number of alkyl halides is 3. The van der Waals surface area contributed by atoms with E-state index in [0.29, 0.717) is 0 Å². The third kappa shape index (κ3) is 4.32. The Hall–Kier alpha value is -2.94. The minimum absolute atomic E-state index is 0.00360. The molecule has 0 fully saturated rings. The number of amides is 1. The second kappa shape index (κ2) is 6.89. The molecule has 0 bridgehead atoms. The summed E-state index contributed by atoms with van der Waals surface area (Å²) in [5.74, 6) is -1.12. The number of anilines is 1. The number of nitrogens with zero attached hydrogens (tertiary/aromatic N) is 1. The number of nitro groups is 1. The zero-order valence-corrected chi connectivity index (χ0v) is 12.7. The largest absolute Gasteiger partial charge is 0.416 e. The van der Waals surface area contributed by atoms with Crippen LogP contribution in [0.4, 0.5) is 18.9 Å². The Balaban J connectivity index is 2.27. The van der Waals surface area contributed by atoms with Crippen LogP contribution < -0.4 is 5.32 Å². The number of nitrogens with one attached hydrogen (secondary N) is 1. The first-order valence-corrected chi connectivity index (χ1v) is 7.01. The average Bonchev–Trinajstić information content (AvgIpc) is 2.54. The summed E-state index contributed by atoms with van der Waals surface area (Å²) in [5.41, 5.74) is -3.41. The lowest BCUT2D eigenvalue weighted by Gasteiger charge is -2.23. The lowest BCUT2D eigenvalue weighted by atomic mass is 9.92. The van der Waals surface area contributed by atoms with Gasteiger partial charge in [-0.3, -0.25) is 14.9 Å². The van der Waals surface area contributed by atoms with Crippen molar-refractivity contribution in [3.63, 3.8) is 0 Å². The Morgan fingerprint density at radius 2 is 1.60 bits per heavy atom. The Morgan fingerprint density at radius 1 is 1.04 bits per heavy atom. The maximum absolute atomic E-state index is 12.5. The minimum atomic E-state index is -4.53. The van der Waals surface area contributed by atoms with Gasteiger partial charge in [0.2, 0.25) is 12.1 Å². The van der Waals surface area contributed by atoms with E-state index in [9.17, 15) is 33.2 Å². The van der Waals surface area contributed by atoms with Crippen molar-refractivity contribution in [3.8, 4) is 0 Å². The highest BCUT2D eigenvalue weighted by Gasteiger charge is 2.43. The van der Waals surface area contributed by atoms with E-state index in [0.717, 1.165) is 24.3 Å². The van der Waals surface area contributed by atoms with Crippen LogP contribution in [0, 0.1) is 10.1 Å². The SMILES string of the molecule is O=C(Nc1ccc(C(F)(F)F)cc1)C(O)(C[N+](=O)[O-])c1ccccc1. The van der Waals surface area contributed by atoms with E-state index in [1.807, 2.05) is 0 Å². The third-order valence-electron chi connectivity index (χ3n) is 3.46. The molecule has 0 spiro atoms. The Bertz CT molecular complexity index is 763. The van der Waals surface area contributed by atoms with Gasteiger partial charge in [0, 0.05) is 10.6 Å². The minimum Gasteiger partial charge on any atom is -0.370 e. The van der Waals surface area contributed by atoms with Crippen molar-refractivity contribution < 1.29 is 28.0 Å². The smallest absolute Gasteiger partial charge is 0.370 e. The van der Waals surface area contributed by atoms with Crippen LogP contribution in [0.5, 0.6) is 0 Å². The summed E-state index contributed by atoms with van der Waals surface area (Å²) in [6.07, 6.45) is -4.53. The first-order chi connectivity index (χ1) is 11.6. The molecule has 0 aliphatic heterocycles. The van der Waals surface area contributed by atoms with Crippen LogP contribution >= 0.6 is 0 Å². The molecule has 25 heavy (non-hydrogen) atoms. The van der Waals surface area contributed by atoms with E-state index in [4.69, 9.17) is 0 Å². The van der Waals surface area contributed by atoms with Gasteiger partial charge in [0.1, 0.15) is 0 Å². The van der Waals surface area contributed by atoms with Crippen LogP contribution in [0.25, 0.3) is 0 Å². The number of carbonyl (C=O) groups excluding carboxylic acids is 1.